The molecule has 0 N–H and O–H groups in total. The monoisotopic (exact) mass is 353 g/mol. The van der Waals surface area contributed by atoms with Crippen molar-refractivity contribution in [2.75, 3.05) is 32.1 Å². The predicted molar refractivity (Wildman–Crippen MR) is 93.6 cm³/mol. The first-order valence-electron chi connectivity index (χ1n) is 8.57. The van der Waals surface area contributed by atoms with Crippen LogP contribution in [0.25, 0.3) is 0 Å². The Morgan fingerprint density at radius 1 is 1.29 bits per heavy atom. The van der Waals surface area contributed by atoms with Crippen molar-refractivity contribution in [3.05, 3.63) is 29.8 Å². The Kier molecular flexibility index (Phi) is 6.80. The van der Waals surface area contributed by atoms with Crippen molar-refractivity contribution in [2.45, 2.75) is 38.0 Å². The molecule has 1 aromatic rings. The number of benzene rings is 1. The van der Waals surface area contributed by atoms with Crippen LogP contribution in [0.2, 0.25) is 0 Å². The zero-order valence-electron chi connectivity index (χ0n) is 14.5. The van der Waals surface area contributed by atoms with Gasteiger partial charge >= 0.3 is 0 Å². The zero-order chi connectivity index (χ0) is 17.6. The minimum Gasteiger partial charge on any atom is -0.381 e. The van der Waals surface area contributed by atoms with Gasteiger partial charge in [0.2, 0.25) is 5.91 Å². The smallest absolute Gasteiger partial charge is 0.223 e. The van der Waals surface area contributed by atoms with Crippen molar-refractivity contribution in [3.63, 3.8) is 0 Å². The molecular weight excluding hydrogens is 326 g/mol. The second kappa shape index (κ2) is 8.62. The van der Waals surface area contributed by atoms with Gasteiger partial charge in [-0.1, -0.05) is 17.7 Å². The SMILES string of the molecule is CCOCC1CCCN(C(=O)CCS(=O)(=O)c2ccc(C)cc2)C1. The third-order valence-electron chi connectivity index (χ3n) is 4.39. The highest BCUT2D eigenvalue weighted by Gasteiger charge is 2.25. The highest BCUT2D eigenvalue weighted by atomic mass is 32.2. The molecule has 1 atom stereocenters. The van der Waals surface area contributed by atoms with Crippen molar-refractivity contribution in [1.29, 1.82) is 0 Å². The number of nitrogens with zero attached hydrogens (tertiary/aromatic N) is 1. The topological polar surface area (TPSA) is 63.7 Å². The molecule has 0 bridgehead atoms. The molecule has 6 heteroatoms. The van der Waals surface area contributed by atoms with E-state index in [2.05, 4.69) is 0 Å². The molecule has 0 saturated carbocycles. The molecule has 24 heavy (non-hydrogen) atoms. The maximum Gasteiger partial charge on any atom is 0.223 e. The molecule has 0 spiro atoms. The van der Waals surface area contributed by atoms with Crippen LogP contribution in [-0.4, -0.2) is 51.3 Å². The summed E-state index contributed by atoms with van der Waals surface area (Å²) < 4.78 is 30.1. The fraction of sp³-hybridized carbons (Fsp3) is 0.611. The number of aryl methyl sites for hydroxylation is 1. The molecule has 1 saturated heterocycles. The zero-order valence-corrected chi connectivity index (χ0v) is 15.3. The molecule has 1 aromatic carbocycles. The molecule has 1 unspecified atom stereocenters. The normalized spacial score (nSPS) is 18.6. The van der Waals surface area contributed by atoms with E-state index in [1.54, 1.807) is 29.2 Å². The molecule has 0 radical (unpaired) electrons. The standard InChI is InChI=1S/C18H27NO4S/c1-3-23-14-16-5-4-11-19(13-16)18(20)10-12-24(21,22)17-8-6-15(2)7-9-17/h6-9,16H,3-5,10-14H2,1-2H3. The summed E-state index contributed by atoms with van der Waals surface area (Å²) in [5, 5.41) is 0. The van der Waals surface area contributed by atoms with Crippen LogP contribution in [0.5, 0.6) is 0 Å². The van der Waals surface area contributed by atoms with Gasteiger partial charge in [-0.25, -0.2) is 8.42 Å². The maximum absolute atomic E-state index is 12.4. The molecule has 0 aromatic heterocycles. The maximum atomic E-state index is 12.4. The van der Waals surface area contributed by atoms with E-state index in [-0.39, 0.29) is 23.0 Å². The summed E-state index contributed by atoms with van der Waals surface area (Å²) in [4.78, 5) is 14.4. The second-order valence-corrected chi connectivity index (χ2v) is 8.50. The van der Waals surface area contributed by atoms with Crippen LogP contribution in [0.15, 0.2) is 29.2 Å². The van der Waals surface area contributed by atoms with Crippen molar-refractivity contribution in [3.8, 4) is 0 Å². The molecule has 5 nitrogen and oxygen atoms in total. The first kappa shape index (κ1) is 18.9. The first-order chi connectivity index (χ1) is 11.4. The molecule has 1 aliphatic rings. The van der Waals surface area contributed by atoms with Gasteiger partial charge in [0.15, 0.2) is 9.84 Å². The summed E-state index contributed by atoms with van der Waals surface area (Å²) in [6.45, 7) is 6.60. The van der Waals surface area contributed by atoms with E-state index < -0.39 is 9.84 Å². The van der Waals surface area contributed by atoms with E-state index in [1.807, 2.05) is 13.8 Å². The van der Waals surface area contributed by atoms with Crippen LogP contribution < -0.4 is 0 Å². The lowest BCUT2D eigenvalue weighted by atomic mass is 9.99. The molecule has 1 fully saturated rings. The van der Waals surface area contributed by atoms with Gasteiger partial charge in [0.05, 0.1) is 17.3 Å². The average Bonchev–Trinajstić information content (AvgIpc) is 2.58. The van der Waals surface area contributed by atoms with E-state index >= 15 is 0 Å². The number of carbonyl (C=O) groups excluding carboxylic acids is 1. The summed E-state index contributed by atoms with van der Waals surface area (Å²) in [5.41, 5.74) is 1.01. The van der Waals surface area contributed by atoms with Crippen LogP contribution in [0.4, 0.5) is 0 Å². The van der Waals surface area contributed by atoms with Crippen molar-refractivity contribution >= 4 is 15.7 Å². The van der Waals surface area contributed by atoms with Crippen LogP contribution >= 0.6 is 0 Å². The number of sulfone groups is 1. The van der Waals surface area contributed by atoms with Gasteiger partial charge in [-0.05, 0) is 44.7 Å². The Hall–Kier alpha value is -1.40. The lowest BCUT2D eigenvalue weighted by Gasteiger charge is -2.32. The van der Waals surface area contributed by atoms with Gasteiger partial charge in [-0.2, -0.15) is 0 Å². The van der Waals surface area contributed by atoms with Gasteiger partial charge in [0.25, 0.3) is 0 Å². The molecule has 1 heterocycles. The number of rotatable bonds is 7. The van der Waals surface area contributed by atoms with Crippen molar-refractivity contribution in [2.24, 2.45) is 5.92 Å². The molecule has 1 aliphatic heterocycles. The van der Waals surface area contributed by atoms with Gasteiger partial charge in [-0.3, -0.25) is 4.79 Å². The molecular formula is C18H27NO4S. The van der Waals surface area contributed by atoms with E-state index in [1.165, 1.54) is 0 Å². The Balaban J connectivity index is 1.88. The highest BCUT2D eigenvalue weighted by molar-refractivity contribution is 7.91. The van der Waals surface area contributed by atoms with Gasteiger partial charge in [0.1, 0.15) is 0 Å². The molecule has 2 rings (SSSR count). The summed E-state index contributed by atoms with van der Waals surface area (Å²) >= 11 is 0. The number of amides is 1. The summed E-state index contributed by atoms with van der Waals surface area (Å²) in [6, 6.07) is 6.76. The van der Waals surface area contributed by atoms with Crippen LogP contribution in [0.3, 0.4) is 0 Å². The minimum atomic E-state index is -3.41. The third kappa shape index (κ3) is 5.31. The van der Waals surface area contributed by atoms with E-state index in [0.29, 0.717) is 32.2 Å². The second-order valence-electron chi connectivity index (χ2n) is 6.39. The van der Waals surface area contributed by atoms with Crippen molar-refractivity contribution in [1.82, 2.24) is 4.90 Å². The number of likely N-dealkylation sites (tertiary alicyclic amines) is 1. The van der Waals surface area contributed by atoms with Crippen LogP contribution in [0, 0.1) is 12.8 Å². The Morgan fingerprint density at radius 2 is 2.00 bits per heavy atom. The molecule has 1 amide bonds. The highest BCUT2D eigenvalue weighted by Crippen LogP contribution is 2.19. The number of ether oxygens (including phenoxy) is 1. The average molecular weight is 353 g/mol. The first-order valence-corrected chi connectivity index (χ1v) is 10.2. The third-order valence-corrected chi connectivity index (χ3v) is 6.13. The fourth-order valence-corrected chi connectivity index (χ4v) is 4.19. The summed E-state index contributed by atoms with van der Waals surface area (Å²) in [5.74, 6) is 0.143. The Morgan fingerprint density at radius 3 is 2.67 bits per heavy atom. The number of hydrogen-bond acceptors (Lipinski definition) is 4. The summed E-state index contributed by atoms with van der Waals surface area (Å²) in [6.07, 6.45) is 2.05. The number of hydrogen-bond donors (Lipinski definition) is 0. The lowest BCUT2D eigenvalue weighted by molar-refractivity contribution is -0.133. The molecule has 0 aliphatic carbocycles. The van der Waals surface area contributed by atoms with Crippen molar-refractivity contribution < 1.29 is 17.9 Å². The quantitative estimate of drug-likeness (QED) is 0.755. The Bertz CT molecular complexity index is 639. The van der Waals surface area contributed by atoms with E-state index in [4.69, 9.17) is 4.74 Å². The lowest BCUT2D eigenvalue weighted by Crippen LogP contribution is -2.41. The van der Waals surface area contributed by atoms with Gasteiger partial charge in [-0.15, -0.1) is 0 Å². The van der Waals surface area contributed by atoms with Crippen LogP contribution in [0.1, 0.15) is 31.7 Å². The largest absolute Gasteiger partial charge is 0.381 e. The fourth-order valence-electron chi connectivity index (χ4n) is 2.96. The van der Waals surface area contributed by atoms with E-state index in [0.717, 1.165) is 18.4 Å². The predicted octanol–water partition coefficient (Wildman–Crippen LogP) is 2.43. The van der Waals surface area contributed by atoms with Gasteiger partial charge < -0.3 is 9.64 Å². The Labute approximate surface area is 144 Å². The summed E-state index contributed by atoms with van der Waals surface area (Å²) in [7, 11) is -3.41. The van der Waals surface area contributed by atoms with E-state index in [9.17, 15) is 13.2 Å². The number of carbonyl (C=O) groups is 1. The molecule has 134 valence electrons. The van der Waals surface area contributed by atoms with Crippen LogP contribution in [-0.2, 0) is 19.4 Å². The van der Waals surface area contributed by atoms with Gasteiger partial charge in [0, 0.05) is 26.1 Å². The minimum absolute atomic E-state index is 0.0393. The number of piperidine rings is 1.